The number of aliphatic hydroxyl groups is 1. The molecule has 7 atom stereocenters. The van der Waals surface area contributed by atoms with Crippen LogP contribution in [0.1, 0.15) is 46.1 Å². The van der Waals surface area contributed by atoms with Crippen LogP contribution < -0.4 is 10.6 Å². The van der Waals surface area contributed by atoms with Crippen LogP contribution in [0.25, 0.3) is 0 Å². The molecule has 9 heteroatoms. The number of nitrogens with zero attached hydrogens (tertiary/aromatic N) is 1. The van der Waals surface area contributed by atoms with Crippen LogP contribution in [0.4, 0.5) is 0 Å². The molecular weight excluding hydrogens is 518 g/mol. The molecule has 3 unspecified atom stereocenters. The second-order valence-corrected chi connectivity index (χ2v) is 13.3. The van der Waals surface area contributed by atoms with Crippen molar-refractivity contribution >= 4 is 45.4 Å². The van der Waals surface area contributed by atoms with Crippen LogP contribution in [0.15, 0.2) is 30.3 Å². The number of likely N-dealkylation sites (tertiary alicyclic amines) is 1. The summed E-state index contributed by atoms with van der Waals surface area (Å²) in [6.07, 6.45) is 1.16. The number of thioether (sulfide) groups is 1. The molecule has 3 amide bonds. The van der Waals surface area contributed by atoms with Crippen LogP contribution in [0.3, 0.4) is 0 Å². The zero-order chi connectivity index (χ0) is 24.8. The maximum absolute atomic E-state index is 13.9. The second-order valence-electron chi connectivity index (χ2n) is 10.6. The number of carbonyl (C=O) groups is 3. The minimum absolute atomic E-state index is 0.0214. The fourth-order valence-corrected chi connectivity index (χ4v) is 9.41. The monoisotopic (exact) mass is 551 g/mol. The normalized spacial score (nSPS) is 33.1. The first-order valence-electron chi connectivity index (χ1n) is 11.9. The van der Waals surface area contributed by atoms with Gasteiger partial charge >= 0.3 is 0 Å². The highest BCUT2D eigenvalue weighted by Crippen LogP contribution is 2.68. The molecule has 3 aliphatic rings. The summed E-state index contributed by atoms with van der Waals surface area (Å²) in [7, 11) is 0. The molecule has 0 aliphatic carbocycles. The van der Waals surface area contributed by atoms with Crippen LogP contribution in [-0.4, -0.2) is 66.8 Å². The molecule has 2 bridgehead atoms. The number of halogens is 1. The van der Waals surface area contributed by atoms with E-state index < -0.39 is 34.2 Å². The lowest BCUT2D eigenvalue weighted by atomic mass is 9.70. The third-order valence-electron chi connectivity index (χ3n) is 7.16. The Balaban J connectivity index is 1.68. The fourth-order valence-electron chi connectivity index (χ4n) is 5.81. The van der Waals surface area contributed by atoms with Gasteiger partial charge in [0.2, 0.25) is 17.7 Å². The zero-order valence-electron chi connectivity index (χ0n) is 20.1. The molecule has 3 aliphatic heterocycles. The van der Waals surface area contributed by atoms with Gasteiger partial charge in [-0.1, -0.05) is 53.2 Å². The molecule has 3 saturated heterocycles. The summed E-state index contributed by atoms with van der Waals surface area (Å²) >= 11 is 5.38. The summed E-state index contributed by atoms with van der Waals surface area (Å²) < 4.78 is -0.706. The minimum atomic E-state index is -0.733. The van der Waals surface area contributed by atoms with Crippen molar-refractivity contribution < 1.29 is 19.5 Å². The van der Waals surface area contributed by atoms with Crippen molar-refractivity contribution in [1.82, 2.24) is 15.5 Å². The number of benzene rings is 1. The van der Waals surface area contributed by atoms with E-state index in [1.165, 1.54) is 0 Å². The smallest absolute Gasteiger partial charge is 0.244 e. The quantitative estimate of drug-likeness (QED) is 0.452. The summed E-state index contributed by atoms with van der Waals surface area (Å²) in [4.78, 5) is 42.7. The van der Waals surface area contributed by atoms with Gasteiger partial charge in [0.05, 0.1) is 29.2 Å². The molecule has 3 fully saturated rings. The highest BCUT2D eigenvalue weighted by Gasteiger charge is 2.76. The van der Waals surface area contributed by atoms with Crippen LogP contribution in [0.2, 0.25) is 0 Å². The van der Waals surface area contributed by atoms with Gasteiger partial charge in [0.15, 0.2) is 0 Å². The van der Waals surface area contributed by atoms with Gasteiger partial charge in [-0.25, -0.2) is 0 Å². The number of aliphatic hydroxyl groups excluding tert-OH is 1. The van der Waals surface area contributed by atoms with E-state index in [1.54, 1.807) is 16.7 Å². The van der Waals surface area contributed by atoms with E-state index in [1.807, 2.05) is 58.0 Å². The maximum atomic E-state index is 13.9. The Morgan fingerprint density at radius 1 is 1.26 bits per heavy atom. The van der Waals surface area contributed by atoms with Gasteiger partial charge in [0.1, 0.15) is 6.04 Å². The predicted octanol–water partition coefficient (Wildman–Crippen LogP) is 2.45. The third-order valence-corrected chi connectivity index (χ3v) is 10.4. The molecule has 7 nitrogen and oxygen atoms in total. The Bertz CT molecular complexity index is 951. The topological polar surface area (TPSA) is 98.7 Å². The molecule has 1 spiro atoms. The molecule has 3 N–H and O–H groups in total. The summed E-state index contributed by atoms with van der Waals surface area (Å²) in [5.74, 6) is -1.69. The number of alkyl halides is 1. The van der Waals surface area contributed by atoms with Crippen LogP contribution in [-0.2, 0) is 20.9 Å². The van der Waals surface area contributed by atoms with Crippen LogP contribution >= 0.6 is 27.7 Å². The van der Waals surface area contributed by atoms with Gasteiger partial charge < -0.3 is 20.6 Å². The number of hydrogen-bond acceptors (Lipinski definition) is 5. The summed E-state index contributed by atoms with van der Waals surface area (Å²) in [6, 6.07) is 8.48. The van der Waals surface area contributed by atoms with E-state index in [9.17, 15) is 19.5 Å². The van der Waals surface area contributed by atoms with Crippen molar-refractivity contribution in [2.45, 2.75) is 79.5 Å². The Hall–Kier alpha value is -1.58. The lowest BCUT2D eigenvalue weighted by Crippen LogP contribution is -2.59. The third kappa shape index (κ3) is 4.28. The van der Waals surface area contributed by atoms with Gasteiger partial charge in [0.25, 0.3) is 0 Å². The van der Waals surface area contributed by atoms with E-state index in [0.29, 0.717) is 19.4 Å². The molecular formula is C25H34BrN3O4S. The van der Waals surface area contributed by atoms with Crippen molar-refractivity contribution in [1.29, 1.82) is 0 Å². The zero-order valence-corrected chi connectivity index (χ0v) is 22.5. The summed E-state index contributed by atoms with van der Waals surface area (Å²) in [5, 5.41) is 16.1. The van der Waals surface area contributed by atoms with Crippen molar-refractivity contribution in [2.24, 2.45) is 11.8 Å². The van der Waals surface area contributed by atoms with E-state index in [-0.39, 0.29) is 34.4 Å². The number of fused-ring (bicyclic) bond motifs is 1. The Labute approximate surface area is 213 Å². The molecule has 0 saturated carbocycles. The molecule has 1 aromatic rings. The van der Waals surface area contributed by atoms with Crippen LogP contribution in [0, 0.1) is 11.8 Å². The van der Waals surface area contributed by atoms with Gasteiger partial charge in [-0.2, -0.15) is 0 Å². The molecule has 0 aromatic heterocycles. The lowest BCUT2D eigenvalue weighted by Gasteiger charge is -2.38. The van der Waals surface area contributed by atoms with E-state index in [0.717, 1.165) is 5.56 Å². The van der Waals surface area contributed by atoms with E-state index in [2.05, 4.69) is 26.6 Å². The van der Waals surface area contributed by atoms with Crippen molar-refractivity contribution in [3.63, 3.8) is 0 Å². The SMILES string of the molecule is CC[C@@H](CO)N1C(=O)[C@@H]2[C@@H](C(=O)NCc3ccccc3)[C@@H]3SC2(CC3Br)C1C(=O)NC(C)(C)C. The molecule has 186 valence electrons. The lowest BCUT2D eigenvalue weighted by molar-refractivity contribution is -0.143. The molecule has 3 heterocycles. The first kappa shape index (κ1) is 25.5. The first-order chi connectivity index (χ1) is 16.0. The molecule has 1 aromatic carbocycles. The van der Waals surface area contributed by atoms with E-state index in [4.69, 9.17) is 0 Å². The minimum Gasteiger partial charge on any atom is -0.394 e. The highest BCUT2D eigenvalue weighted by atomic mass is 79.9. The fraction of sp³-hybridized carbons (Fsp3) is 0.640. The van der Waals surface area contributed by atoms with Gasteiger partial charge in [-0.15, -0.1) is 11.8 Å². The Morgan fingerprint density at radius 3 is 2.53 bits per heavy atom. The van der Waals surface area contributed by atoms with Crippen molar-refractivity contribution in [3.8, 4) is 0 Å². The maximum Gasteiger partial charge on any atom is 0.244 e. The highest BCUT2D eigenvalue weighted by molar-refractivity contribution is 9.09. The average Bonchev–Trinajstić information content (AvgIpc) is 3.36. The second kappa shape index (κ2) is 9.47. The summed E-state index contributed by atoms with van der Waals surface area (Å²) in [6.45, 7) is 7.81. The number of carbonyl (C=O) groups excluding carboxylic acids is 3. The van der Waals surface area contributed by atoms with Crippen molar-refractivity contribution in [2.75, 3.05) is 6.61 Å². The average molecular weight is 553 g/mol. The predicted molar refractivity (Wildman–Crippen MR) is 136 cm³/mol. The number of amides is 3. The van der Waals surface area contributed by atoms with Crippen molar-refractivity contribution in [3.05, 3.63) is 35.9 Å². The molecule has 34 heavy (non-hydrogen) atoms. The standard InChI is InChI=1S/C25H34BrN3O4S/c1-5-15(13-30)29-20(22(32)28-24(2,3)4)25-11-16(26)19(34-25)17(18(25)23(29)33)21(31)27-12-14-9-7-6-8-10-14/h6-10,15-20,30H,5,11-13H2,1-4H3,(H,27,31)(H,28,32)/t15-,16?,17+,18-,19+,20?,25?/m0/s1. The number of hydrogen-bond donors (Lipinski definition) is 3. The number of rotatable bonds is 7. The molecule has 0 radical (unpaired) electrons. The molecule has 4 rings (SSSR count). The number of nitrogens with one attached hydrogen (secondary N) is 2. The van der Waals surface area contributed by atoms with Gasteiger partial charge in [0, 0.05) is 22.2 Å². The van der Waals surface area contributed by atoms with Crippen LogP contribution in [0.5, 0.6) is 0 Å². The van der Waals surface area contributed by atoms with Gasteiger partial charge in [-0.05, 0) is 39.2 Å². The Morgan fingerprint density at radius 2 is 1.94 bits per heavy atom. The van der Waals surface area contributed by atoms with E-state index >= 15 is 0 Å². The largest absolute Gasteiger partial charge is 0.394 e. The summed E-state index contributed by atoms with van der Waals surface area (Å²) in [5.41, 5.74) is 0.521. The Kier molecular flexibility index (Phi) is 7.10. The first-order valence-corrected chi connectivity index (χ1v) is 13.7. The van der Waals surface area contributed by atoms with Gasteiger partial charge in [-0.3, -0.25) is 14.4 Å².